The van der Waals surface area contributed by atoms with Crippen LogP contribution in [0.1, 0.15) is 44.2 Å². The van der Waals surface area contributed by atoms with Gasteiger partial charge in [0, 0.05) is 19.3 Å². The van der Waals surface area contributed by atoms with E-state index in [0.29, 0.717) is 22.6 Å². The van der Waals surface area contributed by atoms with Crippen molar-refractivity contribution in [1.29, 1.82) is 0 Å². The Labute approximate surface area is 197 Å². The van der Waals surface area contributed by atoms with E-state index in [-0.39, 0.29) is 38.3 Å². The summed E-state index contributed by atoms with van der Waals surface area (Å²) in [5, 5.41) is 11.3. The SMILES string of the molecule is CCOC(=O)[C@@H]1Cc2cc(OC)c(OC)cc2[C@@]23CCC(=O)C[C@]2(C(=O)OCC)[C@@H](O)C(=O)N13. The molecule has 0 unspecified atom stereocenters. The Morgan fingerprint density at radius 3 is 2.35 bits per heavy atom. The summed E-state index contributed by atoms with van der Waals surface area (Å²) in [6.45, 7) is 3.34. The number of ether oxygens (including phenoxy) is 4. The highest BCUT2D eigenvalue weighted by Gasteiger charge is 2.77. The lowest BCUT2D eigenvalue weighted by Crippen LogP contribution is -2.65. The first kappa shape index (κ1) is 24.0. The first-order valence-corrected chi connectivity index (χ1v) is 11.4. The Bertz CT molecular complexity index is 1050. The highest BCUT2D eigenvalue weighted by Crippen LogP contribution is 2.64. The van der Waals surface area contributed by atoms with Crippen molar-refractivity contribution in [3.05, 3.63) is 23.3 Å². The molecular weight excluding hydrogens is 446 g/mol. The van der Waals surface area contributed by atoms with Crippen molar-refractivity contribution >= 4 is 23.6 Å². The zero-order valence-electron chi connectivity index (χ0n) is 19.7. The molecule has 1 spiro atoms. The molecule has 2 heterocycles. The van der Waals surface area contributed by atoms with Crippen LogP contribution in [-0.4, -0.2) is 73.2 Å². The van der Waals surface area contributed by atoms with Gasteiger partial charge in [-0.2, -0.15) is 0 Å². The number of amides is 1. The monoisotopic (exact) mass is 475 g/mol. The lowest BCUT2D eigenvalue weighted by Gasteiger charge is -2.55. The van der Waals surface area contributed by atoms with Crippen LogP contribution < -0.4 is 9.47 Å². The molecule has 1 N–H and O–H groups in total. The first-order valence-electron chi connectivity index (χ1n) is 11.4. The van der Waals surface area contributed by atoms with Gasteiger partial charge in [0.15, 0.2) is 17.6 Å². The number of hydrogen-bond acceptors (Lipinski definition) is 9. The zero-order chi connectivity index (χ0) is 24.8. The lowest BCUT2D eigenvalue weighted by atomic mass is 9.55. The van der Waals surface area contributed by atoms with Gasteiger partial charge < -0.3 is 29.0 Å². The number of benzene rings is 1. The first-order chi connectivity index (χ1) is 16.2. The maximum atomic E-state index is 13.6. The molecule has 34 heavy (non-hydrogen) atoms. The fourth-order valence-corrected chi connectivity index (χ4v) is 6.02. The maximum absolute atomic E-state index is 13.6. The summed E-state index contributed by atoms with van der Waals surface area (Å²) in [6, 6.07) is 2.27. The summed E-state index contributed by atoms with van der Waals surface area (Å²) >= 11 is 0. The maximum Gasteiger partial charge on any atom is 0.329 e. The minimum atomic E-state index is -1.92. The van der Waals surface area contributed by atoms with E-state index in [9.17, 15) is 24.3 Å². The van der Waals surface area contributed by atoms with Gasteiger partial charge in [-0.15, -0.1) is 0 Å². The second-order valence-corrected chi connectivity index (χ2v) is 8.71. The molecule has 1 aliphatic carbocycles. The molecule has 2 aliphatic heterocycles. The number of rotatable bonds is 6. The number of fused-ring (bicyclic) bond motifs is 1. The molecular formula is C24H29NO9. The predicted octanol–water partition coefficient (Wildman–Crippen LogP) is 0.893. The third-order valence-corrected chi connectivity index (χ3v) is 7.31. The largest absolute Gasteiger partial charge is 0.493 e. The molecule has 0 aromatic heterocycles. The Hall–Kier alpha value is -3.14. The summed E-state index contributed by atoms with van der Waals surface area (Å²) in [5.41, 5.74) is -2.27. The molecule has 1 saturated carbocycles. The Balaban J connectivity index is 2.08. The fourth-order valence-electron chi connectivity index (χ4n) is 6.02. The van der Waals surface area contributed by atoms with Crippen LogP contribution in [0, 0.1) is 5.41 Å². The Kier molecular flexibility index (Phi) is 6.05. The van der Waals surface area contributed by atoms with Crippen molar-refractivity contribution < 1.29 is 43.2 Å². The van der Waals surface area contributed by atoms with Crippen molar-refractivity contribution in [2.75, 3.05) is 27.4 Å². The van der Waals surface area contributed by atoms with Crippen LogP contribution in [0.15, 0.2) is 12.1 Å². The molecule has 4 atom stereocenters. The number of nitrogens with zero attached hydrogens (tertiary/aromatic N) is 1. The van der Waals surface area contributed by atoms with Gasteiger partial charge in [0.1, 0.15) is 17.2 Å². The number of carbonyl (C=O) groups excluding carboxylic acids is 4. The average molecular weight is 475 g/mol. The topological polar surface area (TPSA) is 129 Å². The van der Waals surface area contributed by atoms with Crippen LogP contribution >= 0.6 is 0 Å². The van der Waals surface area contributed by atoms with Crippen molar-refractivity contribution in [2.24, 2.45) is 5.41 Å². The highest BCUT2D eigenvalue weighted by molar-refractivity contribution is 6.03. The number of Topliss-reactive ketones (excluding diaryl/α,β-unsaturated/α-hetero) is 1. The average Bonchev–Trinajstić information content (AvgIpc) is 3.03. The van der Waals surface area contributed by atoms with E-state index < -0.39 is 47.4 Å². The second-order valence-electron chi connectivity index (χ2n) is 8.71. The molecule has 10 heteroatoms. The van der Waals surface area contributed by atoms with E-state index in [1.807, 2.05) is 0 Å². The van der Waals surface area contributed by atoms with Gasteiger partial charge >= 0.3 is 11.9 Å². The normalized spacial score (nSPS) is 29.6. The van der Waals surface area contributed by atoms with Crippen LogP contribution in [0.5, 0.6) is 11.5 Å². The number of aliphatic hydroxyl groups is 1. The Morgan fingerprint density at radius 2 is 1.74 bits per heavy atom. The summed E-state index contributed by atoms with van der Waals surface area (Å²) < 4.78 is 21.6. The minimum absolute atomic E-state index is 0.00808. The third kappa shape index (κ3) is 2.97. The van der Waals surface area contributed by atoms with Crippen LogP contribution in [0.25, 0.3) is 0 Å². The van der Waals surface area contributed by atoms with E-state index in [4.69, 9.17) is 18.9 Å². The van der Waals surface area contributed by atoms with E-state index in [1.54, 1.807) is 26.0 Å². The molecule has 184 valence electrons. The van der Waals surface area contributed by atoms with Crippen LogP contribution in [-0.2, 0) is 40.6 Å². The summed E-state index contributed by atoms with van der Waals surface area (Å²) in [7, 11) is 2.94. The van der Waals surface area contributed by atoms with Gasteiger partial charge in [0.05, 0.1) is 33.0 Å². The van der Waals surface area contributed by atoms with Gasteiger partial charge in [0.25, 0.3) is 5.91 Å². The van der Waals surface area contributed by atoms with Gasteiger partial charge in [-0.3, -0.25) is 14.4 Å². The van der Waals surface area contributed by atoms with Crippen molar-refractivity contribution in [2.45, 2.75) is 57.2 Å². The number of carbonyl (C=O) groups is 4. The summed E-state index contributed by atoms with van der Waals surface area (Å²) in [6.07, 6.45) is -2.08. The number of esters is 2. The standard InChI is InChI=1S/C24H29NO9/c1-5-33-21(29)16-9-13-10-17(31-3)18(32-4)11-15(13)24-8-7-14(26)12-23(24,22(30)34-6-2)19(27)20(28)25(16)24/h10-11,16,19,27H,5-9,12H2,1-4H3/t16-,19-,23+,24-/m0/s1. The summed E-state index contributed by atoms with van der Waals surface area (Å²) in [5.74, 6) is -1.81. The molecule has 1 aromatic carbocycles. The Morgan fingerprint density at radius 1 is 1.09 bits per heavy atom. The molecule has 0 radical (unpaired) electrons. The van der Waals surface area contributed by atoms with Gasteiger partial charge in [-0.1, -0.05) is 0 Å². The molecule has 4 rings (SSSR count). The molecule has 3 aliphatic rings. The van der Waals surface area contributed by atoms with E-state index in [2.05, 4.69) is 0 Å². The third-order valence-electron chi connectivity index (χ3n) is 7.31. The van der Waals surface area contributed by atoms with Crippen molar-refractivity contribution in [1.82, 2.24) is 4.90 Å². The zero-order valence-corrected chi connectivity index (χ0v) is 19.7. The van der Waals surface area contributed by atoms with Crippen LogP contribution in [0.3, 0.4) is 0 Å². The summed E-state index contributed by atoms with van der Waals surface area (Å²) in [4.78, 5) is 54.2. The molecule has 1 amide bonds. The van der Waals surface area contributed by atoms with Crippen molar-refractivity contribution in [3.63, 3.8) is 0 Å². The van der Waals surface area contributed by atoms with Crippen LogP contribution in [0.4, 0.5) is 0 Å². The fraction of sp³-hybridized carbons (Fsp3) is 0.583. The van der Waals surface area contributed by atoms with E-state index in [0.717, 1.165) is 0 Å². The molecule has 10 nitrogen and oxygen atoms in total. The van der Waals surface area contributed by atoms with Crippen molar-refractivity contribution in [3.8, 4) is 11.5 Å². The number of hydrogen-bond donors (Lipinski definition) is 1. The minimum Gasteiger partial charge on any atom is -0.493 e. The van der Waals surface area contributed by atoms with E-state index in [1.165, 1.54) is 19.1 Å². The smallest absolute Gasteiger partial charge is 0.329 e. The second kappa shape index (κ2) is 8.57. The molecule has 0 bridgehead atoms. The molecule has 2 fully saturated rings. The number of ketones is 1. The quantitative estimate of drug-likeness (QED) is 0.597. The van der Waals surface area contributed by atoms with Gasteiger partial charge in [0.2, 0.25) is 0 Å². The predicted molar refractivity (Wildman–Crippen MR) is 116 cm³/mol. The molecule has 1 saturated heterocycles. The lowest BCUT2D eigenvalue weighted by molar-refractivity contribution is -0.180. The number of aliphatic hydroxyl groups excluding tert-OH is 1. The highest BCUT2D eigenvalue weighted by atomic mass is 16.5. The van der Waals surface area contributed by atoms with Gasteiger partial charge in [-0.05, 0) is 43.5 Å². The number of methoxy groups -OCH3 is 2. The van der Waals surface area contributed by atoms with E-state index >= 15 is 0 Å². The van der Waals surface area contributed by atoms with Crippen LogP contribution in [0.2, 0.25) is 0 Å². The molecule has 1 aromatic rings. The van der Waals surface area contributed by atoms with Gasteiger partial charge in [-0.25, -0.2) is 4.79 Å².